The van der Waals surface area contributed by atoms with E-state index >= 15 is 0 Å². The van der Waals surface area contributed by atoms with Gasteiger partial charge in [-0.25, -0.2) is 15.0 Å². The molecule has 1 amide bonds. The highest BCUT2D eigenvalue weighted by Crippen LogP contribution is 2.24. The molecule has 154 valence electrons. The molecule has 0 saturated carbocycles. The molecule has 0 unspecified atom stereocenters. The maximum atomic E-state index is 13.4. The van der Waals surface area contributed by atoms with Gasteiger partial charge in [0.1, 0.15) is 6.04 Å². The van der Waals surface area contributed by atoms with Gasteiger partial charge in [-0.3, -0.25) is 4.79 Å². The predicted molar refractivity (Wildman–Crippen MR) is 131 cm³/mol. The molecule has 0 radical (unpaired) electrons. The molecule has 6 nitrogen and oxygen atoms in total. The molecular weight excluding hydrogens is 482 g/mol. The summed E-state index contributed by atoms with van der Waals surface area (Å²) in [5.41, 5.74) is 4.54. The Hall–Kier alpha value is -2.49. The molecule has 2 heterocycles. The fourth-order valence-corrected chi connectivity index (χ4v) is 3.87. The van der Waals surface area contributed by atoms with Crippen LogP contribution >= 0.6 is 40.8 Å². The summed E-state index contributed by atoms with van der Waals surface area (Å²) in [5, 5.41) is 3.19. The van der Waals surface area contributed by atoms with Gasteiger partial charge in [0.05, 0.1) is 20.2 Å². The number of hydrogen-bond donors (Lipinski definition) is 1. The van der Waals surface area contributed by atoms with Crippen molar-refractivity contribution in [2.45, 2.75) is 12.5 Å². The Morgan fingerprint density at radius 3 is 2.60 bits per heavy atom. The molecule has 2 aromatic heterocycles. The number of benzene rings is 2. The average molecular weight is 502 g/mol. The van der Waals surface area contributed by atoms with E-state index < -0.39 is 6.04 Å². The van der Waals surface area contributed by atoms with Gasteiger partial charge < -0.3 is 10.2 Å². The Bertz CT molecular complexity index is 1120. The lowest BCUT2D eigenvalue weighted by atomic mass is 10.0. The summed E-state index contributed by atoms with van der Waals surface area (Å²) in [5.74, 6) is 0.334. The van der Waals surface area contributed by atoms with E-state index in [-0.39, 0.29) is 19.4 Å². The summed E-state index contributed by atoms with van der Waals surface area (Å²) in [4.78, 5) is 27.9. The topological polar surface area (TPSA) is 71.0 Å². The Morgan fingerprint density at radius 2 is 1.87 bits per heavy atom. The van der Waals surface area contributed by atoms with Crippen LogP contribution < -0.4 is 10.2 Å². The molecule has 0 aliphatic heterocycles. The van der Waals surface area contributed by atoms with Gasteiger partial charge in [0.25, 0.3) is 0 Å². The van der Waals surface area contributed by atoms with Crippen LogP contribution in [0.1, 0.15) is 5.56 Å². The lowest BCUT2D eigenvalue weighted by molar-refractivity contribution is -0.119. The molecule has 9 heteroatoms. The summed E-state index contributed by atoms with van der Waals surface area (Å²) in [6.07, 6.45) is 3.82. The van der Waals surface area contributed by atoms with Gasteiger partial charge in [0.15, 0.2) is 0 Å². The summed E-state index contributed by atoms with van der Waals surface area (Å²) in [7, 11) is 1.78. The summed E-state index contributed by atoms with van der Waals surface area (Å²) in [6, 6.07) is 15.2. The van der Waals surface area contributed by atoms with Crippen molar-refractivity contribution in [2.24, 2.45) is 0 Å². The molecule has 0 aliphatic rings. The first kappa shape index (κ1) is 22.2. The first-order chi connectivity index (χ1) is 14.1. The van der Waals surface area contributed by atoms with Gasteiger partial charge in [-0.2, -0.15) is 13.5 Å². The number of anilines is 2. The lowest BCUT2D eigenvalue weighted by Gasteiger charge is -2.25. The highest BCUT2D eigenvalue weighted by Gasteiger charge is 2.24. The molecule has 30 heavy (non-hydrogen) atoms. The van der Waals surface area contributed by atoms with E-state index in [0.717, 1.165) is 25.9 Å². The number of nitrogens with one attached hydrogen (secondary N) is 1. The van der Waals surface area contributed by atoms with Crippen molar-refractivity contribution in [3.8, 4) is 0 Å². The minimum Gasteiger partial charge on any atom is -0.342 e. The van der Waals surface area contributed by atoms with E-state index in [1.807, 2.05) is 48.5 Å². The Balaban J connectivity index is 0.00000256. The van der Waals surface area contributed by atoms with Crippen LogP contribution in [0.15, 0.2) is 70.9 Å². The van der Waals surface area contributed by atoms with Gasteiger partial charge in [-0.15, -0.1) is 11.3 Å². The van der Waals surface area contributed by atoms with Crippen molar-refractivity contribution < 1.29 is 4.79 Å². The third-order valence-corrected chi connectivity index (χ3v) is 5.76. The van der Waals surface area contributed by atoms with E-state index in [0.29, 0.717) is 12.4 Å². The normalized spacial score (nSPS) is 11.5. The highest BCUT2D eigenvalue weighted by molar-refractivity contribution is 9.10. The zero-order chi connectivity index (χ0) is 20.2. The van der Waals surface area contributed by atoms with Gasteiger partial charge in [-0.1, -0.05) is 30.3 Å². The summed E-state index contributed by atoms with van der Waals surface area (Å²) < 4.78 is 1.87. The standard InChI is InChI=1S/C21H18BrN5OS.H2S/c1-27(16-7-8-19-17(10-16)25-13-29-19)20(28)18(9-14-5-3-2-4-6-14)26-21-23-11-15(22)12-24-21;/h2-8,10-13,18H,9H2,1H3,(H,23,24,26);1H2/t18-;/m0./s1. The fraction of sp³-hybridized carbons (Fsp3) is 0.143. The first-order valence-corrected chi connectivity index (χ1v) is 10.7. The molecular formula is C21H20BrN5OS2. The Kier molecular flexibility index (Phi) is 7.41. The van der Waals surface area contributed by atoms with E-state index in [9.17, 15) is 4.79 Å². The monoisotopic (exact) mass is 501 g/mol. The van der Waals surface area contributed by atoms with E-state index in [1.165, 1.54) is 0 Å². The highest BCUT2D eigenvalue weighted by atomic mass is 79.9. The number of amides is 1. The molecule has 4 rings (SSSR count). The number of rotatable bonds is 6. The number of carbonyl (C=O) groups is 1. The largest absolute Gasteiger partial charge is 0.342 e. The number of thiazole rings is 1. The van der Waals surface area contributed by atoms with Crippen LogP contribution in [0, 0.1) is 0 Å². The van der Waals surface area contributed by atoms with E-state index in [2.05, 4.69) is 36.2 Å². The van der Waals surface area contributed by atoms with Crippen molar-refractivity contribution in [1.82, 2.24) is 15.0 Å². The molecule has 2 aromatic carbocycles. The van der Waals surface area contributed by atoms with E-state index in [1.54, 1.807) is 41.2 Å². The van der Waals surface area contributed by atoms with Crippen LogP contribution in [0.25, 0.3) is 10.2 Å². The van der Waals surface area contributed by atoms with Gasteiger partial charge in [0.2, 0.25) is 11.9 Å². The quantitative estimate of drug-likeness (QED) is 0.416. The number of aromatic nitrogens is 3. The van der Waals surface area contributed by atoms with Gasteiger partial charge in [0, 0.05) is 31.5 Å². The molecule has 0 aliphatic carbocycles. The Labute approximate surface area is 194 Å². The number of nitrogens with zero attached hydrogens (tertiary/aromatic N) is 4. The fourth-order valence-electron chi connectivity index (χ4n) is 3.01. The van der Waals surface area contributed by atoms with Crippen LogP contribution in [0.5, 0.6) is 0 Å². The SMILES string of the molecule is CN(C(=O)[C@H](Cc1ccccc1)Nc1ncc(Br)cn1)c1ccc2scnc2c1.S. The molecule has 0 spiro atoms. The minimum absolute atomic E-state index is 0. The zero-order valence-electron chi connectivity index (χ0n) is 16.1. The smallest absolute Gasteiger partial charge is 0.249 e. The van der Waals surface area contributed by atoms with Crippen molar-refractivity contribution in [2.75, 3.05) is 17.3 Å². The third kappa shape index (κ3) is 5.16. The van der Waals surface area contributed by atoms with Gasteiger partial charge in [-0.05, 0) is 39.7 Å². The van der Waals surface area contributed by atoms with Crippen LogP contribution in [0.4, 0.5) is 11.6 Å². The molecule has 0 fully saturated rings. The molecule has 1 atom stereocenters. The number of hydrogen-bond acceptors (Lipinski definition) is 6. The number of likely N-dealkylation sites (N-methyl/N-ethyl adjacent to an activating group) is 1. The predicted octanol–water partition coefficient (Wildman–Crippen LogP) is 4.65. The van der Waals surface area contributed by atoms with Crippen molar-refractivity contribution in [3.63, 3.8) is 0 Å². The summed E-state index contributed by atoms with van der Waals surface area (Å²) in [6.45, 7) is 0. The number of halogens is 1. The third-order valence-electron chi connectivity index (χ3n) is 4.54. The maximum Gasteiger partial charge on any atom is 0.249 e. The Morgan fingerprint density at radius 1 is 1.13 bits per heavy atom. The van der Waals surface area contributed by atoms with Crippen LogP contribution in [0.2, 0.25) is 0 Å². The van der Waals surface area contributed by atoms with Crippen LogP contribution in [-0.4, -0.2) is 33.9 Å². The van der Waals surface area contributed by atoms with Crippen molar-refractivity contribution in [3.05, 3.63) is 76.5 Å². The summed E-state index contributed by atoms with van der Waals surface area (Å²) >= 11 is 4.91. The average Bonchev–Trinajstić information content (AvgIpc) is 3.22. The lowest BCUT2D eigenvalue weighted by Crippen LogP contribution is -2.42. The van der Waals surface area contributed by atoms with Gasteiger partial charge >= 0.3 is 0 Å². The maximum absolute atomic E-state index is 13.4. The second kappa shape index (κ2) is 10.0. The molecule has 1 N–H and O–H groups in total. The number of fused-ring (bicyclic) bond motifs is 1. The first-order valence-electron chi connectivity index (χ1n) is 8.99. The van der Waals surface area contributed by atoms with E-state index in [4.69, 9.17) is 0 Å². The van der Waals surface area contributed by atoms with Crippen molar-refractivity contribution >= 4 is 68.5 Å². The minimum atomic E-state index is -0.519. The van der Waals surface area contributed by atoms with Crippen LogP contribution in [0.3, 0.4) is 0 Å². The molecule has 4 aromatic rings. The molecule has 0 saturated heterocycles. The second-order valence-electron chi connectivity index (χ2n) is 6.51. The number of carbonyl (C=O) groups excluding carboxylic acids is 1. The van der Waals surface area contributed by atoms with Crippen molar-refractivity contribution in [1.29, 1.82) is 0 Å². The van der Waals surface area contributed by atoms with Crippen LogP contribution in [-0.2, 0) is 11.2 Å². The zero-order valence-corrected chi connectivity index (χ0v) is 19.5. The molecule has 0 bridgehead atoms. The second-order valence-corrected chi connectivity index (χ2v) is 8.32.